The fraction of sp³-hybridized carbons (Fsp3) is 0.348. The lowest BCUT2D eigenvalue weighted by Gasteiger charge is -2.20. The summed E-state index contributed by atoms with van der Waals surface area (Å²) in [5.41, 5.74) is 7.15. The second-order valence-corrected chi connectivity index (χ2v) is 8.01. The fourth-order valence-electron chi connectivity index (χ4n) is 3.12. The monoisotopic (exact) mass is 440 g/mol. The largest absolute Gasteiger partial charge is 0.454 e. The molecule has 3 rings (SSSR count). The molecule has 4 amide bonds. The molecule has 1 aliphatic rings. The Morgan fingerprint density at radius 3 is 2.41 bits per heavy atom. The number of hydrazine groups is 1. The molecule has 0 saturated carbocycles. The molecule has 2 aromatic carbocycles. The number of aryl methyl sites for hydroxylation is 1. The summed E-state index contributed by atoms with van der Waals surface area (Å²) in [5, 5.41) is 5.43. The van der Waals surface area contributed by atoms with Gasteiger partial charge in [-0.2, -0.15) is 0 Å². The van der Waals surface area contributed by atoms with E-state index >= 15 is 0 Å². The number of benzene rings is 2. The highest BCUT2D eigenvalue weighted by Crippen LogP contribution is 2.32. The molecule has 0 bridgehead atoms. The highest BCUT2D eigenvalue weighted by Gasteiger charge is 2.23. The summed E-state index contributed by atoms with van der Waals surface area (Å²) in [5.74, 6) is 0.145. The molecule has 0 spiro atoms. The van der Waals surface area contributed by atoms with Crippen molar-refractivity contribution >= 4 is 17.8 Å². The van der Waals surface area contributed by atoms with Gasteiger partial charge in [0, 0.05) is 12.1 Å². The van der Waals surface area contributed by atoms with Crippen LogP contribution in [0.4, 0.5) is 4.79 Å². The Labute approximate surface area is 186 Å². The maximum absolute atomic E-state index is 12.6. The summed E-state index contributed by atoms with van der Waals surface area (Å²) in [7, 11) is 0. The predicted molar refractivity (Wildman–Crippen MR) is 118 cm³/mol. The van der Waals surface area contributed by atoms with Crippen LogP contribution in [-0.2, 0) is 11.3 Å². The first kappa shape index (κ1) is 22.9. The van der Waals surface area contributed by atoms with Crippen molar-refractivity contribution in [3.8, 4) is 11.5 Å². The van der Waals surface area contributed by atoms with Gasteiger partial charge in [0.25, 0.3) is 11.8 Å². The minimum Gasteiger partial charge on any atom is -0.454 e. The number of hydrogen-bond acceptors (Lipinski definition) is 5. The van der Waals surface area contributed by atoms with E-state index in [1.165, 1.54) is 6.07 Å². The van der Waals surface area contributed by atoms with Crippen molar-refractivity contribution < 1.29 is 23.9 Å². The molecule has 1 aliphatic heterocycles. The van der Waals surface area contributed by atoms with Gasteiger partial charge < -0.3 is 20.1 Å². The molecule has 0 saturated heterocycles. The van der Waals surface area contributed by atoms with E-state index in [1.807, 2.05) is 45.0 Å². The van der Waals surface area contributed by atoms with E-state index in [1.54, 1.807) is 12.1 Å². The summed E-state index contributed by atoms with van der Waals surface area (Å²) in [4.78, 5) is 37.3. The third-order valence-corrected chi connectivity index (χ3v) is 4.84. The normalized spacial score (nSPS) is 12.8. The van der Waals surface area contributed by atoms with Gasteiger partial charge in [-0.3, -0.25) is 20.4 Å². The molecular weight excluding hydrogens is 412 g/mol. The van der Waals surface area contributed by atoms with Gasteiger partial charge in [0.1, 0.15) is 6.04 Å². The Hall–Kier alpha value is -3.75. The topological polar surface area (TPSA) is 118 Å². The number of fused-ring (bicyclic) bond motifs is 1. The zero-order valence-electron chi connectivity index (χ0n) is 18.4. The Morgan fingerprint density at radius 2 is 1.69 bits per heavy atom. The summed E-state index contributed by atoms with van der Waals surface area (Å²) in [6, 6.07) is 11.2. The lowest BCUT2D eigenvalue weighted by molar-refractivity contribution is -0.124. The third kappa shape index (κ3) is 6.37. The third-order valence-electron chi connectivity index (χ3n) is 4.84. The van der Waals surface area contributed by atoms with Gasteiger partial charge in [0.05, 0.1) is 0 Å². The Balaban J connectivity index is 1.52. The van der Waals surface area contributed by atoms with Gasteiger partial charge in [-0.15, -0.1) is 0 Å². The van der Waals surface area contributed by atoms with E-state index < -0.39 is 23.9 Å². The zero-order chi connectivity index (χ0) is 23.1. The van der Waals surface area contributed by atoms with Gasteiger partial charge in [-0.25, -0.2) is 4.79 Å². The zero-order valence-corrected chi connectivity index (χ0v) is 18.4. The van der Waals surface area contributed by atoms with E-state index in [0.29, 0.717) is 30.0 Å². The number of ether oxygens (including phenoxy) is 2. The lowest BCUT2D eigenvalue weighted by Crippen LogP contribution is -2.54. The molecule has 0 aliphatic carbocycles. The average Bonchev–Trinajstić information content (AvgIpc) is 3.24. The first-order valence-electron chi connectivity index (χ1n) is 10.4. The molecule has 170 valence electrons. The smallest absolute Gasteiger partial charge is 0.315 e. The molecular formula is C23H28N4O5. The number of rotatable bonds is 7. The van der Waals surface area contributed by atoms with Gasteiger partial charge in [0.2, 0.25) is 6.79 Å². The minimum absolute atomic E-state index is 0.103. The van der Waals surface area contributed by atoms with Crippen LogP contribution in [0.1, 0.15) is 41.8 Å². The molecule has 1 heterocycles. The first-order chi connectivity index (χ1) is 15.3. The molecule has 0 fully saturated rings. The lowest BCUT2D eigenvalue weighted by atomic mass is 10.0. The fourth-order valence-corrected chi connectivity index (χ4v) is 3.12. The highest BCUT2D eigenvalue weighted by molar-refractivity contribution is 5.97. The van der Waals surface area contributed by atoms with Crippen molar-refractivity contribution in [1.82, 2.24) is 21.5 Å². The van der Waals surface area contributed by atoms with Crippen LogP contribution in [0, 0.1) is 12.8 Å². The van der Waals surface area contributed by atoms with Gasteiger partial charge in [0.15, 0.2) is 11.5 Å². The van der Waals surface area contributed by atoms with Crippen LogP contribution < -0.4 is 31.0 Å². The average molecular weight is 441 g/mol. The SMILES string of the molecule is Cc1ccc(CNC(=O)NC(CC(C)C)C(=O)NNC(=O)c2ccc3c(c2)OCO3)cc1. The number of hydrogen-bond donors (Lipinski definition) is 4. The number of carbonyl (C=O) groups excluding carboxylic acids is 3. The molecule has 9 nitrogen and oxygen atoms in total. The number of urea groups is 1. The van der Waals surface area contributed by atoms with Crippen molar-refractivity contribution in [2.45, 2.75) is 39.8 Å². The molecule has 1 atom stereocenters. The van der Waals surface area contributed by atoms with E-state index in [-0.39, 0.29) is 12.7 Å². The summed E-state index contributed by atoms with van der Waals surface area (Å²) >= 11 is 0. The molecule has 0 radical (unpaired) electrons. The van der Waals surface area contributed by atoms with Crippen molar-refractivity contribution in [2.75, 3.05) is 6.79 Å². The Bertz CT molecular complexity index is 975. The van der Waals surface area contributed by atoms with E-state index in [2.05, 4.69) is 21.5 Å². The quantitative estimate of drug-likeness (QED) is 0.493. The van der Waals surface area contributed by atoms with Crippen molar-refractivity contribution in [1.29, 1.82) is 0 Å². The number of carbonyl (C=O) groups is 3. The second-order valence-electron chi connectivity index (χ2n) is 8.01. The van der Waals surface area contributed by atoms with Crippen LogP contribution in [0.15, 0.2) is 42.5 Å². The summed E-state index contributed by atoms with van der Waals surface area (Å²) in [6.07, 6.45) is 0.406. The van der Waals surface area contributed by atoms with Crippen LogP contribution in [-0.4, -0.2) is 30.7 Å². The number of amides is 4. The van der Waals surface area contributed by atoms with Crippen LogP contribution >= 0.6 is 0 Å². The predicted octanol–water partition coefficient (Wildman–Crippen LogP) is 2.40. The maximum atomic E-state index is 12.6. The van der Waals surface area contributed by atoms with E-state index in [4.69, 9.17) is 9.47 Å². The summed E-state index contributed by atoms with van der Waals surface area (Å²) in [6.45, 7) is 6.31. The standard InChI is InChI=1S/C23H28N4O5/c1-14(2)10-18(25-23(30)24-12-16-6-4-15(3)5-7-16)22(29)27-26-21(28)17-8-9-19-20(11-17)32-13-31-19/h4-9,11,14,18H,10,12-13H2,1-3H3,(H,26,28)(H,27,29)(H2,24,25,30). The minimum atomic E-state index is -0.815. The summed E-state index contributed by atoms with van der Waals surface area (Å²) < 4.78 is 10.5. The highest BCUT2D eigenvalue weighted by atomic mass is 16.7. The van der Waals surface area contributed by atoms with Crippen molar-refractivity contribution in [3.05, 3.63) is 59.2 Å². The number of nitrogens with one attached hydrogen (secondary N) is 4. The van der Waals surface area contributed by atoms with Gasteiger partial charge in [-0.1, -0.05) is 43.7 Å². The molecule has 32 heavy (non-hydrogen) atoms. The molecule has 9 heteroatoms. The van der Waals surface area contributed by atoms with Crippen LogP contribution in [0.2, 0.25) is 0 Å². The molecule has 2 aromatic rings. The van der Waals surface area contributed by atoms with Gasteiger partial charge >= 0.3 is 6.03 Å². The maximum Gasteiger partial charge on any atom is 0.315 e. The van der Waals surface area contributed by atoms with Crippen molar-refractivity contribution in [2.24, 2.45) is 5.92 Å². The molecule has 4 N–H and O–H groups in total. The molecule has 1 unspecified atom stereocenters. The van der Waals surface area contributed by atoms with E-state index in [9.17, 15) is 14.4 Å². The second kappa shape index (κ2) is 10.5. The van der Waals surface area contributed by atoms with Crippen molar-refractivity contribution in [3.63, 3.8) is 0 Å². The Morgan fingerprint density at radius 1 is 0.969 bits per heavy atom. The van der Waals surface area contributed by atoms with Crippen LogP contribution in [0.3, 0.4) is 0 Å². The van der Waals surface area contributed by atoms with Crippen LogP contribution in [0.5, 0.6) is 11.5 Å². The Kier molecular flexibility index (Phi) is 7.54. The van der Waals surface area contributed by atoms with E-state index in [0.717, 1.165) is 11.1 Å². The first-order valence-corrected chi connectivity index (χ1v) is 10.4. The van der Waals surface area contributed by atoms with Crippen LogP contribution in [0.25, 0.3) is 0 Å². The molecule has 0 aromatic heterocycles. The van der Waals surface area contributed by atoms with Gasteiger partial charge in [-0.05, 0) is 43.0 Å².